The number of hydrogen-bond donors (Lipinski definition) is 2. The second-order valence-electron chi connectivity index (χ2n) is 7.72. The lowest BCUT2D eigenvalue weighted by Gasteiger charge is -2.37. The molecule has 4 aromatic heterocycles. The van der Waals surface area contributed by atoms with Crippen LogP contribution in [0.5, 0.6) is 0 Å². The topological polar surface area (TPSA) is 126 Å². The van der Waals surface area contributed by atoms with Gasteiger partial charge in [-0.25, -0.2) is 19.9 Å². The normalized spacial score (nSPS) is 21.0. The van der Waals surface area contributed by atoms with Gasteiger partial charge < -0.3 is 19.0 Å². The number of H-pyrrole nitrogens is 2. The monoisotopic (exact) mass is 439 g/mol. The summed E-state index contributed by atoms with van der Waals surface area (Å²) in [4.78, 5) is 30.9. The molecular weight excluding hydrogens is 422 g/mol. The minimum atomic E-state index is -0.645. The smallest absolute Gasteiger partial charge is 0.386 e. The van der Waals surface area contributed by atoms with Crippen LogP contribution >= 0.6 is 11.6 Å². The van der Waals surface area contributed by atoms with Crippen LogP contribution in [0.25, 0.3) is 33.9 Å². The van der Waals surface area contributed by atoms with Crippen LogP contribution in [-0.2, 0) is 4.74 Å². The van der Waals surface area contributed by atoms with Crippen molar-refractivity contribution in [1.29, 1.82) is 0 Å². The summed E-state index contributed by atoms with van der Waals surface area (Å²) in [7, 11) is 0. The van der Waals surface area contributed by atoms with Crippen molar-refractivity contribution < 1.29 is 9.15 Å². The molecule has 4 aromatic rings. The van der Waals surface area contributed by atoms with E-state index in [1.54, 1.807) is 24.5 Å². The van der Waals surface area contributed by atoms with E-state index in [4.69, 9.17) is 25.7 Å². The number of morpholine rings is 1. The van der Waals surface area contributed by atoms with Gasteiger partial charge >= 0.3 is 5.76 Å². The Bertz CT molecular complexity index is 1330. The number of aromatic nitrogens is 6. The van der Waals surface area contributed by atoms with Gasteiger partial charge in [0.15, 0.2) is 0 Å². The summed E-state index contributed by atoms with van der Waals surface area (Å²) in [5, 5.41) is 6.68. The van der Waals surface area contributed by atoms with Gasteiger partial charge in [0.2, 0.25) is 5.95 Å². The number of ether oxygens (including phenoxy) is 1. The Hall–Kier alpha value is -3.24. The summed E-state index contributed by atoms with van der Waals surface area (Å²) in [5.41, 5.74) is 3.11. The van der Waals surface area contributed by atoms with E-state index in [-0.39, 0.29) is 12.0 Å². The van der Waals surface area contributed by atoms with Crippen molar-refractivity contribution in [3.05, 3.63) is 40.1 Å². The first-order chi connectivity index (χ1) is 15.2. The summed E-state index contributed by atoms with van der Waals surface area (Å²) in [6, 6.07) is 3.86. The fraction of sp³-hybridized carbons (Fsp3) is 0.350. The minimum absolute atomic E-state index is 0.0986. The average molecular weight is 440 g/mol. The molecule has 11 heteroatoms. The highest BCUT2D eigenvalue weighted by molar-refractivity contribution is 6.30. The zero-order valence-electron chi connectivity index (χ0n) is 16.3. The number of nitrogens with zero attached hydrogens (tertiary/aromatic N) is 5. The predicted octanol–water partition coefficient (Wildman–Crippen LogP) is 2.77. The summed E-state index contributed by atoms with van der Waals surface area (Å²) in [5.74, 6) is 0.226. The molecule has 0 bridgehead atoms. The second-order valence-corrected chi connectivity index (χ2v) is 8.16. The summed E-state index contributed by atoms with van der Waals surface area (Å²) in [6.07, 6.45) is 6.77. The highest BCUT2D eigenvalue weighted by Crippen LogP contribution is 2.35. The second kappa shape index (κ2) is 7.17. The molecule has 2 aliphatic rings. The van der Waals surface area contributed by atoms with E-state index in [0.717, 1.165) is 37.3 Å². The van der Waals surface area contributed by atoms with Gasteiger partial charge in [-0.05, 0) is 31.4 Å². The average Bonchev–Trinajstić information content (AvgIpc) is 3.51. The molecule has 1 saturated carbocycles. The Morgan fingerprint density at radius 1 is 1.19 bits per heavy atom. The lowest BCUT2D eigenvalue weighted by atomic mass is 10.1. The molecule has 5 heterocycles. The third-order valence-electron chi connectivity index (χ3n) is 5.85. The van der Waals surface area contributed by atoms with Gasteiger partial charge in [-0.1, -0.05) is 11.6 Å². The zero-order valence-corrected chi connectivity index (χ0v) is 17.1. The van der Waals surface area contributed by atoms with Crippen molar-refractivity contribution in [2.24, 2.45) is 0 Å². The molecule has 158 valence electrons. The Labute approximate surface area is 180 Å². The molecule has 2 atom stereocenters. The van der Waals surface area contributed by atoms with Crippen LogP contribution in [0, 0.1) is 0 Å². The standard InChI is InChI=1S/C20H18ClN7O3/c21-11-6-10(8-22-9-11)16-17-12(7-13(23-16)18-26-27-20(29)31-18)24-19(25-17)28-4-5-30-15-3-1-2-14(15)28/h6-9,14-15H,1-5H2,(H,24,25)(H,27,29). The number of pyridine rings is 2. The highest BCUT2D eigenvalue weighted by Gasteiger charge is 2.37. The van der Waals surface area contributed by atoms with Crippen LogP contribution in [0.15, 0.2) is 33.7 Å². The molecule has 0 spiro atoms. The summed E-state index contributed by atoms with van der Waals surface area (Å²) >= 11 is 6.18. The minimum Gasteiger partial charge on any atom is -0.386 e. The molecule has 10 nitrogen and oxygen atoms in total. The molecule has 6 rings (SSSR count). The predicted molar refractivity (Wildman–Crippen MR) is 113 cm³/mol. The van der Waals surface area contributed by atoms with E-state index in [9.17, 15) is 4.79 Å². The Balaban J connectivity index is 1.53. The third-order valence-corrected chi connectivity index (χ3v) is 6.05. The lowest BCUT2D eigenvalue weighted by Crippen LogP contribution is -2.49. The molecule has 31 heavy (non-hydrogen) atoms. The first-order valence-corrected chi connectivity index (χ1v) is 10.5. The van der Waals surface area contributed by atoms with Crippen molar-refractivity contribution in [2.45, 2.75) is 31.4 Å². The maximum absolute atomic E-state index is 11.5. The lowest BCUT2D eigenvalue weighted by molar-refractivity contribution is 0.0250. The van der Waals surface area contributed by atoms with Crippen molar-refractivity contribution in [3.63, 3.8) is 0 Å². The number of nitrogens with one attached hydrogen (secondary N) is 2. The van der Waals surface area contributed by atoms with Crippen LogP contribution in [0.2, 0.25) is 5.02 Å². The maximum Gasteiger partial charge on any atom is 0.434 e. The van der Waals surface area contributed by atoms with Crippen LogP contribution < -0.4 is 10.7 Å². The van der Waals surface area contributed by atoms with Crippen LogP contribution in [-0.4, -0.2) is 55.4 Å². The van der Waals surface area contributed by atoms with Gasteiger partial charge in [0, 0.05) is 24.5 Å². The highest BCUT2D eigenvalue weighted by atomic mass is 35.5. The van der Waals surface area contributed by atoms with Crippen LogP contribution in [0.1, 0.15) is 19.3 Å². The summed E-state index contributed by atoms with van der Waals surface area (Å²) < 4.78 is 11.1. The van der Waals surface area contributed by atoms with Crippen LogP contribution in [0.4, 0.5) is 5.95 Å². The molecule has 0 aromatic carbocycles. The first kappa shape index (κ1) is 18.5. The Kier molecular flexibility index (Phi) is 4.29. The van der Waals surface area contributed by atoms with E-state index in [1.807, 2.05) is 0 Å². The number of fused-ring (bicyclic) bond motifs is 2. The molecule has 1 aliphatic heterocycles. The number of anilines is 1. The Morgan fingerprint density at radius 2 is 2.13 bits per heavy atom. The van der Waals surface area contributed by atoms with Crippen molar-refractivity contribution in [1.82, 2.24) is 30.1 Å². The molecule has 2 N–H and O–H groups in total. The fourth-order valence-electron chi connectivity index (χ4n) is 4.52. The number of imidazole rings is 1. The molecule has 0 amide bonds. The van der Waals surface area contributed by atoms with E-state index in [1.165, 1.54) is 0 Å². The van der Waals surface area contributed by atoms with E-state index in [0.29, 0.717) is 40.1 Å². The molecule has 0 radical (unpaired) electrons. The van der Waals surface area contributed by atoms with Crippen molar-refractivity contribution in [3.8, 4) is 22.8 Å². The molecule has 1 saturated heterocycles. The summed E-state index contributed by atoms with van der Waals surface area (Å²) in [6.45, 7) is 1.44. The number of halogens is 1. The first-order valence-electron chi connectivity index (χ1n) is 10.1. The van der Waals surface area contributed by atoms with Crippen molar-refractivity contribution >= 4 is 28.6 Å². The van der Waals surface area contributed by atoms with Crippen molar-refractivity contribution in [2.75, 3.05) is 18.1 Å². The van der Waals surface area contributed by atoms with Gasteiger partial charge in [-0.3, -0.25) is 4.98 Å². The van der Waals surface area contributed by atoms with E-state index >= 15 is 0 Å². The Morgan fingerprint density at radius 3 is 2.97 bits per heavy atom. The van der Waals surface area contributed by atoms with Gasteiger partial charge in [0.05, 0.1) is 29.3 Å². The number of rotatable bonds is 3. The van der Waals surface area contributed by atoms with Gasteiger partial charge in [-0.15, -0.1) is 5.10 Å². The molecular formula is C20H18ClN7O3. The quantitative estimate of drug-likeness (QED) is 0.499. The van der Waals surface area contributed by atoms with Gasteiger partial charge in [0.25, 0.3) is 5.89 Å². The molecule has 1 aliphatic carbocycles. The van der Waals surface area contributed by atoms with Gasteiger partial charge in [0.1, 0.15) is 16.9 Å². The SMILES string of the molecule is O=c1[nH]nc(-c2cc3[nH]c(N4CCOC5CCCC54)nc3c(-c3cncc(Cl)c3)n2)o1. The number of aromatic amines is 2. The van der Waals surface area contributed by atoms with E-state index < -0.39 is 5.76 Å². The van der Waals surface area contributed by atoms with Crippen LogP contribution in [0.3, 0.4) is 0 Å². The largest absolute Gasteiger partial charge is 0.434 e. The number of hydrogen-bond acceptors (Lipinski definition) is 8. The fourth-order valence-corrected chi connectivity index (χ4v) is 4.69. The third kappa shape index (κ3) is 3.19. The molecule has 2 fully saturated rings. The zero-order chi connectivity index (χ0) is 20.9. The molecule has 2 unspecified atom stereocenters. The maximum atomic E-state index is 11.5. The van der Waals surface area contributed by atoms with E-state index in [2.05, 4.69) is 30.0 Å². The van der Waals surface area contributed by atoms with Gasteiger partial charge in [-0.2, -0.15) is 0 Å².